The molecule has 1 heterocycles. The molecule has 3 rings (SSSR count). The summed E-state index contributed by atoms with van der Waals surface area (Å²) < 4.78 is 0. The average molecular weight is 329 g/mol. The number of hydrogen-bond acceptors (Lipinski definition) is 5. The van der Waals surface area contributed by atoms with Crippen LogP contribution in [0, 0.1) is 23.7 Å². The quantitative estimate of drug-likeness (QED) is 0.714. The third kappa shape index (κ3) is 3.44. The van der Waals surface area contributed by atoms with Crippen molar-refractivity contribution in [2.24, 2.45) is 0 Å². The summed E-state index contributed by atoms with van der Waals surface area (Å²) in [4.78, 5) is 20.7. The Balaban J connectivity index is 1.94. The first-order valence-corrected chi connectivity index (χ1v) is 7.57. The van der Waals surface area contributed by atoms with Crippen LogP contribution in [0.15, 0.2) is 47.3 Å². The zero-order valence-electron chi connectivity index (χ0n) is 13.4. The molecule has 6 heteroatoms. The maximum absolute atomic E-state index is 12.1. The topological polar surface area (TPSA) is 98.8 Å². The Morgan fingerprint density at radius 2 is 2.00 bits per heavy atom. The lowest BCUT2D eigenvalue weighted by atomic mass is 10.1. The first-order valence-electron chi connectivity index (χ1n) is 7.57. The van der Waals surface area contributed by atoms with E-state index in [0.29, 0.717) is 29.6 Å². The van der Waals surface area contributed by atoms with Crippen molar-refractivity contribution in [1.82, 2.24) is 9.97 Å². The van der Waals surface area contributed by atoms with Crippen molar-refractivity contribution < 1.29 is 0 Å². The Kier molecular flexibility index (Phi) is 4.36. The van der Waals surface area contributed by atoms with Gasteiger partial charge in [0.2, 0.25) is 5.95 Å². The number of nitrogens with one attached hydrogen (secondary N) is 1. The molecule has 2 aromatic carbocycles. The van der Waals surface area contributed by atoms with E-state index in [0.717, 1.165) is 11.3 Å². The summed E-state index contributed by atoms with van der Waals surface area (Å²) in [7, 11) is 0. The molecule has 0 aliphatic heterocycles. The van der Waals surface area contributed by atoms with Crippen molar-refractivity contribution in [3.05, 3.63) is 63.9 Å². The van der Waals surface area contributed by atoms with Gasteiger partial charge in [0.25, 0.3) is 5.56 Å². The van der Waals surface area contributed by atoms with Crippen LogP contribution in [0.1, 0.15) is 11.1 Å². The fourth-order valence-corrected chi connectivity index (χ4v) is 2.62. The van der Waals surface area contributed by atoms with Gasteiger partial charge in [0.1, 0.15) is 0 Å². The van der Waals surface area contributed by atoms with Crippen LogP contribution in [0.5, 0.6) is 0 Å². The first-order chi connectivity index (χ1) is 12.1. The van der Waals surface area contributed by atoms with E-state index in [9.17, 15) is 4.79 Å². The van der Waals surface area contributed by atoms with Gasteiger partial charge in [-0.15, -0.1) is 6.42 Å². The maximum atomic E-state index is 12.1. The predicted molar refractivity (Wildman–Crippen MR) is 97.8 cm³/mol. The van der Waals surface area contributed by atoms with E-state index < -0.39 is 0 Å². The normalized spacial score (nSPS) is 10.2. The van der Waals surface area contributed by atoms with Gasteiger partial charge in [-0.25, -0.2) is 4.98 Å². The summed E-state index contributed by atoms with van der Waals surface area (Å²) in [5.74, 6) is 2.73. The third-order valence-electron chi connectivity index (χ3n) is 3.81. The number of fused-ring (bicyclic) bond motifs is 1. The Hall–Kier alpha value is -3.77. The van der Waals surface area contributed by atoms with E-state index in [1.807, 2.05) is 23.1 Å². The zero-order valence-corrected chi connectivity index (χ0v) is 13.4. The number of anilines is 2. The second kappa shape index (κ2) is 6.77. The number of terminal acetylenes is 1. The fourth-order valence-electron chi connectivity index (χ4n) is 2.62. The summed E-state index contributed by atoms with van der Waals surface area (Å²) in [6.45, 7) is 0.927. The monoisotopic (exact) mass is 329 g/mol. The number of aromatic amines is 1. The molecule has 0 aliphatic carbocycles. The van der Waals surface area contributed by atoms with Gasteiger partial charge in [-0.3, -0.25) is 9.78 Å². The Morgan fingerprint density at radius 3 is 2.68 bits per heavy atom. The molecule has 3 aromatic rings. The summed E-state index contributed by atoms with van der Waals surface area (Å²) in [6, 6.07) is 14.7. The van der Waals surface area contributed by atoms with Crippen LogP contribution < -0.4 is 16.2 Å². The van der Waals surface area contributed by atoms with Crippen molar-refractivity contribution in [3.8, 4) is 18.4 Å². The van der Waals surface area contributed by atoms with E-state index in [1.165, 1.54) is 0 Å². The largest absolute Gasteiger partial charge is 0.369 e. The molecule has 0 atom stereocenters. The highest BCUT2D eigenvalue weighted by atomic mass is 16.1. The summed E-state index contributed by atoms with van der Waals surface area (Å²) in [5.41, 5.74) is 8.25. The van der Waals surface area contributed by atoms with Crippen LogP contribution in [-0.4, -0.2) is 16.5 Å². The van der Waals surface area contributed by atoms with Crippen LogP contribution in [0.2, 0.25) is 0 Å². The molecule has 0 saturated carbocycles. The Labute approximate surface area is 144 Å². The Bertz CT molecular complexity index is 1050. The van der Waals surface area contributed by atoms with Crippen LogP contribution in [-0.2, 0) is 6.54 Å². The minimum Gasteiger partial charge on any atom is -0.369 e. The van der Waals surface area contributed by atoms with Crippen molar-refractivity contribution >= 4 is 22.5 Å². The second-order valence-corrected chi connectivity index (χ2v) is 5.52. The van der Waals surface area contributed by atoms with Crippen LogP contribution in [0.25, 0.3) is 10.9 Å². The number of nitrogens with two attached hydrogens (primary N) is 1. The van der Waals surface area contributed by atoms with Crippen LogP contribution in [0.3, 0.4) is 0 Å². The van der Waals surface area contributed by atoms with E-state index in [1.54, 1.807) is 24.3 Å². The predicted octanol–water partition coefficient (Wildman–Crippen LogP) is 2.02. The molecular formula is C19H15N5O. The molecule has 0 bridgehead atoms. The number of hydrogen-bond donors (Lipinski definition) is 2. The maximum Gasteiger partial charge on any atom is 0.260 e. The number of benzene rings is 2. The summed E-state index contributed by atoms with van der Waals surface area (Å²) in [6.07, 6.45) is 5.48. The highest BCUT2D eigenvalue weighted by Crippen LogP contribution is 2.19. The number of nitriles is 1. The number of H-pyrrole nitrogens is 1. The summed E-state index contributed by atoms with van der Waals surface area (Å²) >= 11 is 0. The van der Waals surface area contributed by atoms with Gasteiger partial charge >= 0.3 is 0 Å². The minimum atomic E-state index is -0.272. The van der Waals surface area contributed by atoms with Gasteiger partial charge < -0.3 is 10.6 Å². The smallest absolute Gasteiger partial charge is 0.260 e. The number of nitrogens with zero attached hydrogens (tertiary/aromatic N) is 3. The van der Waals surface area contributed by atoms with Crippen LogP contribution >= 0.6 is 0 Å². The fraction of sp³-hybridized carbons (Fsp3) is 0.105. The molecule has 122 valence electrons. The van der Waals surface area contributed by atoms with Crippen molar-refractivity contribution in [1.29, 1.82) is 5.26 Å². The second-order valence-electron chi connectivity index (χ2n) is 5.52. The molecule has 6 nitrogen and oxygen atoms in total. The highest BCUT2D eigenvalue weighted by molar-refractivity contribution is 5.79. The standard InChI is InChI=1S/C19H15N5O/c1-2-9-24(15-6-3-13(11-20)4-7-15)12-14-5-8-17-16(10-14)18(25)23-19(21)22-17/h1,3-8,10H,9,12H2,(H3,21,22,23,25). The van der Waals surface area contributed by atoms with Crippen LogP contribution in [0.4, 0.5) is 11.6 Å². The van der Waals surface area contributed by atoms with Gasteiger partial charge in [-0.2, -0.15) is 5.26 Å². The van der Waals surface area contributed by atoms with Gasteiger partial charge in [-0.1, -0.05) is 12.0 Å². The molecule has 25 heavy (non-hydrogen) atoms. The third-order valence-corrected chi connectivity index (χ3v) is 3.81. The Morgan fingerprint density at radius 1 is 1.24 bits per heavy atom. The van der Waals surface area contributed by atoms with E-state index in [4.69, 9.17) is 17.4 Å². The molecule has 0 saturated heterocycles. The molecule has 0 spiro atoms. The van der Waals surface area contributed by atoms with Gasteiger partial charge in [0, 0.05) is 12.2 Å². The highest BCUT2D eigenvalue weighted by Gasteiger charge is 2.09. The molecule has 3 N–H and O–H groups in total. The van der Waals surface area contributed by atoms with Crippen molar-refractivity contribution in [2.75, 3.05) is 17.2 Å². The van der Waals surface area contributed by atoms with Gasteiger partial charge in [-0.05, 0) is 42.0 Å². The van der Waals surface area contributed by atoms with Gasteiger partial charge in [0.15, 0.2) is 0 Å². The number of nitrogen functional groups attached to an aromatic ring is 1. The molecule has 0 amide bonds. The van der Waals surface area contributed by atoms with Crippen molar-refractivity contribution in [2.45, 2.75) is 6.54 Å². The molecular weight excluding hydrogens is 314 g/mol. The number of rotatable bonds is 4. The molecule has 1 aromatic heterocycles. The lowest BCUT2D eigenvalue weighted by Gasteiger charge is -2.22. The lowest BCUT2D eigenvalue weighted by Crippen LogP contribution is -2.23. The first kappa shape index (κ1) is 16.1. The van der Waals surface area contributed by atoms with E-state index in [2.05, 4.69) is 22.0 Å². The molecule has 0 radical (unpaired) electrons. The molecule has 0 unspecified atom stereocenters. The molecule has 0 aliphatic rings. The SMILES string of the molecule is C#CCN(Cc1ccc2nc(N)[nH]c(=O)c2c1)c1ccc(C#N)cc1. The van der Waals surface area contributed by atoms with Gasteiger partial charge in [0.05, 0.1) is 29.1 Å². The van der Waals surface area contributed by atoms with Crippen molar-refractivity contribution in [3.63, 3.8) is 0 Å². The lowest BCUT2D eigenvalue weighted by molar-refractivity contribution is 0.879. The number of aromatic nitrogens is 2. The van der Waals surface area contributed by atoms with E-state index >= 15 is 0 Å². The minimum absolute atomic E-state index is 0.0943. The zero-order chi connectivity index (χ0) is 17.8. The average Bonchev–Trinajstić information content (AvgIpc) is 2.62. The molecule has 0 fully saturated rings. The summed E-state index contributed by atoms with van der Waals surface area (Å²) in [5, 5.41) is 9.39. The van der Waals surface area contributed by atoms with E-state index in [-0.39, 0.29) is 11.5 Å².